The lowest BCUT2D eigenvalue weighted by Gasteiger charge is -2.22. The van der Waals surface area contributed by atoms with Crippen LogP contribution >= 0.6 is 0 Å². The van der Waals surface area contributed by atoms with Gasteiger partial charge in [-0.2, -0.15) is 0 Å². The van der Waals surface area contributed by atoms with Crippen LogP contribution in [0.15, 0.2) is 24.3 Å². The molecule has 0 atom stereocenters. The number of methoxy groups -OCH3 is 1. The van der Waals surface area contributed by atoms with Gasteiger partial charge in [-0.25, -0.2) is 0 Å². The fourth-order valence-corrected chi connectivity index (χ4v) is 1.71. The van der Waals surface area contributed by atoms with E-state index < -0.39 is 5.97 Å². The van der Waals surface area contributed by atoms with Crippen LogP contribution < -0.4 is 4.90 Å². The second kappa shape index (κ2) is 9.10. The highest BCUT2D eigenvalue weighted by atomic mass is 16.5. The molecule has 0 aliphatic rings. The number of aliphatic carboxylic acids is 1. The van der Waals surface area contributed by atoms with E-state index in [1.165, 1.54) is 4.90 Å². The summed E-state index contributed by atoms with van der Waals surface area (Å²) < 4.78 is 10.0. The smallest absolute Gasteiger partial charge is 0.305 e. The number of hydrogen-bond acceptors (Lipinski definition) is 4. The highest BCUT2D eigenvalue weighted by Gasteiger charge is 2.17. The van der Waals surface area contributed by atoms with Crippen LogP contribution in [0.5, 0.6) is 0 Å². The number of carboxylic acids is 1. The number of carboxylic acid groups (broad SMARTS) is 1. The van der Waals surface area contributed by atoms with Crippen LogP contribution in [0, 0.1) is 6.92 Å². The van der Waals surface area contributed by atoms with Gasteiger partial charge in [-0.15, -0.1) is 0 Å². The molecule has 1 aromatic carbocycles. The number of rotatable bonds is 9. The number of amides is 1. The van der Waals surface area contributed by atoms with E-state index in [-0.39, 0.29) is 25.5 Å². The summed E-state index contributed by atoms with van der Waals surface area (Å²) in [6.07, 6.45) is -0.113. The molecule has 1 rings (SSSR count). The Bertz CT molecular complexity index is 458. The van der Waals surface area contributed by atoms with Gasteiger partial charge in [0.2, 0.25) is 0 Å². The summed E-state index contributed by atoms with van der Waals surface area (Å²) in [6, 6.07) is 7.35. The van der Waals surface area contributed by atoms with Crippen LogP contribution in [0.2, 0.25) is 0 Å². The quantitative estimate of drug-likeness (QED) is 0.698. The third-order valence-electron chi connectivity index (χ3n) is 2.85. The molecule has 6 nitrogen and oxygen atoms in total. The molecule has 116 valence electrons. The fraction of sp³-hybridized carbons (Fsp3) is 0.467. The molecule has 1 N–H and O–H groups in total. The first kappa shape index (κ1) is 17.1. The van der Waals surface area contributed by atoms with Crippen LogP contribution in [0.25, 0.3) is 0 Å². The summed E-state index contributed by atoms with van der Waals surface area (Å²) in [5, 5.41) is 8.80. The molecule has 0 aromatic heterocycles. The number of ether oxygens (including phenoxy) is 2. The van der Waals surface area contributed by atoms with Crippen LogP contribution in [0.1, 0.15) is 12.0 Å². The second-order valence-electron chi connectivity index (χ2n) is 4.57. The molecule has 0 fully saturated rings. The number of nitrogens with zero attached hydrogens (tertiary/aromatic N) is 1. The Morgan fingerprint density at radius 3 is 2.43 bits per heavy atom. The van der Waals surface area contributed by atoms with Gasteiger partial charge in [0.15, 0.2) is 0 Å². The molecule has 0 saturated carbocycles. The van der Waals surface area contributed by atoms with E-state index in [0.717, 1.165) is 5.56 Å². The Kier molecular flexibility index (Phi) is 7.42. The maximum Gasteiger partial charge on any atom is 0.305 e. The standard InChI is InChI=1S/C15H21NO5/c1-12-3-5-13(6-4-12)16(8-7-15(18)19)14(17)11-21-10-9-20-2/h3-6H,7-11H2,1-2H3,(H,18,19). The maximum atomic E-state index is 12.2. The van der Waals surface area contributed by atoms with Crippen molar-refractivity contribution in [2.24, 2.45) is 0 Å². The predicted molar refractivity (Wildman–Crippen MR) is 78.5 cm³/mol. The minimum Gasteiger partial charge on any atom is -0.481 e. The lowest BCUT2D eigenvalue weighted by Crippen LogP contribution is -2.36. The van der Waals surface area contributed by atoms with E-state index >= 15 is 0 Å². The van der Waals surface area contributed by atoms with E-state index in [9.17, 15) is 9.59 Å². The summed E-state index contributed by atoms with van der Waals surface area (Å²) in [5.41, 5.74) is 1.74. The monoisotopic (exact) mass is 295 g/mol. The van der Waals surface area contributed by atoms with E-state index in [4.69, 9.17) is 14.6 Å². The Hall–Kier alpha value is -1.92. The van der Waals surface area contributed by atoms with Gasteiger partial charge in [0, 0.05) is 19.3 Å². The largest absolute Gasteiger partial charge is 0.481 e. The Morgan fingerprint density at radius 1 is 1.19 bits per heavy atom. The SMILES string of the molecule is COCCOCC(=O)N(CCC(=O)O)c1ccc(C)cc1. The van der Waals surface area contributed by atoms with Gasteiger partial charge in [0.1, 0.15) is 6.61 Å². The molecule has 0 aliphatic heterocycles. The molecule has 6 heteroatoms. The highest BCUT2D eigenvalue weighted by molar-refractivity contribution is 5.94. The van der Waals surface area contributed by atoms with Crippen molar-refractivity contribution in [3.8, 4) is 0 Å². The molecule has 0 aliphatic carbocycles. The maximum absolute atomic E-state index is 12.2. The summed E-state index contributed by atoms with van der Waals surface area (Å²) in [7, 11) is 1.55. The van der Waals surface area contributed by atoms with Crippen molar-refractivity contribution in [3.05, 3.63) is 29.8 Å². The predicted octanol–water partition coefficient (Wildman–Crippen LogP) is 1.47. The number of carbonyl (C=O) groups is 2. The number of aryl methyl sites for hydroxylation is 1. The molecule has 21 heavy (non-hydrogen) atoms. The van der Waals surface area contributed by atoms with Crippen molar-refractivity contribution >= 4 is 17.6 Å². The van der Waals surface area contributed by atoms with Crippen molar-refractivity contribution in [1.82, 2.24) is 0 Å². The zero-order valence-electron chi connectivity index (χ0n) is 12.4. The summed E-state index contributed by atoms with van der Waals surface area (Å²) >= 11 is 0. The second-order valence-corrected chi connectivity index (χ2v) is 4.57. The van der Waals surface area contributed by atoms with Crippen molar-refractivity contribution in [3.63, 3.8) is 0 Å². The zero-order chi connectivity index (χ0) is 15.7. The number of benzene rings is 1. The Balaban J connectivity index is 2.69. The summed E-state index contributed by atoms with van der Waals surface area (Å²) in [6.45, 7) is 2.69. The normalized spacial score (nSPS) is 10.4. The van der Waals surface area contributed by atoms with Crippen molar-refractivity contribution in [2.75, 3.05) is 38.4 Å². The molecular formula is C15H21NO5. The average Bonchev–Trinajstić information content (AvgIpc) is 2.45. The molecule has 0 heterocycles. The zero-order valence-corrected chi connectivity index (χ0v) is 12.4. The van der Waals surface area contributed by atoms with Crippen LogP contribution in [-0.2, 0) is 19.1 Å². The minimum atomic E-state index is -0.944. The van der Waals surface area contributed by atoms with Crippen molar-refractivity contribution < 1.29 is 24.2 Å². The van der Waals surface area contributed by atoms with Gasteiger partial charge in [0.25, 0.3) is 5.91 Å². The first-order chi connectivity index (χ1) is 10.0. The van der Waals surface area contributed by atoms with Gasteiger partial charge in [-0.05, 0) is 19.1 Å². The van der Waals surface area contributed by atoms with Gasteiger partial charge in [0.05, 0.1) is 19.6 Å². The van der Waals surface area contributed by atoms with E-state index in [2.05, 4.69) is 0 Å². The first-order valence-corrected chi connectivity index (χ1v) is 6.70. The lowest BCUT2D eigenvalue weighted by molar-refractivity contribution is -0.136. The number of anilines is 1. The van der Waals surface area contributed by atoms with E-state index in [1.54, 1.807) is 19.2 Å². The molecule has 0 bridgehead atoms. The van der Waals surface area contributed by atoms with Crippen LogP contribution in [0.4, 0.5) is 5.69 Å². The van der Waals surface area contributed by atoms with Crippen LogP contribution in [-0.4, -0.2) is 50.5 Å². The van der Waals surface area contributed by atoms with E-state index in [0.29, 0.717) is 18.9 Å². The number of hydrogen-bond donors (Lipinski definition) is 1. The average molecular weight is 295 g/mol. The minimum absolute atomic E-state index is 0.100. The molecular weight excluding hydrogens is 274 g/mol. The Labute approximate surface area is 124 Å². The fourth-order valence-electron chi connectivity index (χ4n) is 1.71. The van der Waals surface area contributed by atoms with Gasteiger partial charge < -0.3 is 19.5 Å². The Morgan fingerprint density at radius 2 is 1.86 bits per heavy atom. The molecule has 0 spiro atoms. The highest BCUT2D eigenvalue weighted by Crippen LogP contribution is 2.16. The van der Waals surface area contributed by atoms with Gasteiger partial charge in [-0.1, -0.05) is 17.7 Å². The molecule has 1 amide bonds. The van der Waals surface area contributed by atoms with Gasteiger partial charge in [-0.3, -0.25) is 9.59 Å². The first-order valence-electron chi connectivity index (χ1n) is 6.70. The number of carbonyl (C=O) groups excluding carboxylic acids is 1. The molecule has 0 saturated heterocycles. The van der Waals surface area contributed by atoms with Crippen LogP contribution in [0.3, 0.4) is 0 Å². The topological polar surface area (TPSA) is 76.1 Å². The summed E-state index contributed by atoms with van der Waals surface area (Å²) in [5.74, 6) is -1.21. The molecule has 1 aromatic rings. The third kappa shape index (κ3) is 6.37. The van der Waals surface area contributed by atoms with E-state index in [1.807, 2.05) is 19.1 Å². The van der Waals surface area contributed by atoms with Crippen molar-refractivity contribution in [2.45, 2.75) is 13.3 Å². The summed E-state index contributed by atoms with van der Waals surface area (Å²) in [4.78, 5) is 24.3. The molecule has 0 unspecified atom stereocenters. The third-order valence-corrected chi connectivity index (χ3v) is 2.85. The lowest BCUT2D eigenvalue weighted by atomic mass is 10.2. The molecule has 0 radical (unpaired) electrons. The van der Waals surface area contributed by atoms with Gasteiger partial charge >= 0.3 is 5.97 Å². The van der Waals surface area contributed by atoms with Crippen molar-refractivity contribution in [1.29, 1.82) is 0 Å².